The third-order valence-electron chi connectivity index (χ3n) is 7.22. The lowest BCUT2D eigenvalue weighted by atomic mass is 9.89. The van der Waals surface area contributed by atoms with Crippen molar-refractivity contribution in [3.63, 3.8) is 0 Å². The van der Waals surface area contributed by atoms with Crippen molar-refractivity contribution in [3.8, 4) is 0 Å². The second-order valence-electron chi connectivity index (χ2n) is 11.0. The first-order valence-electron chi connectivity index (χ1n) is 13.5. The molecule has 0 bridgehead atoms. The van der Waals surface area contributed by atoms with Crippen LogP contribution in [0.3, 0.4) is 0 Å². The zero-order chi connectivity index (χ0) is 29.6. The Kier molecular flexibility index (Phi) is 7.05. The number of hydrogen-bond donors (Lipinski definition) is 4. The number of benzene rings is 2. The van der Waals surface area contributed by atoms with Gasteiger partial charge < -0.3 is 0 Å². The summed E-state index contributed by atoms with van der Waals surface area (Å²) in [5.74, 6) is 0.449. The Morgan fingerprint density at radius 1 is 0.738 bits per heavy atom. The molecule has 2 saturated carbocycles. The van der Waals surface area contributed by atoms with Gasteiger partial charge in [0.25, 0.3) is 0 Å². The molecule has 6 rings (SSSR count). The summed E-state index contributed by atoms with van der Waals surface area (Å²) < 4.78 is 51.9. The van der Waals surface area contributed by atoms with Crippen molar-refractivity contribution in [2.75, 3.05) is 26.9 Å². The maximum Gasteiger partial charge on any atom is 0.246 e. The Balaban J connectivity index is 1.42. The van der Waals surface area contributed by atoms with E-state index < -0.39 is 26.0 Å². The average molecular weight is 610 g/mol. The van der Waals surface area contributed by atoms with Crippen LogP contribution >= 0.6 is 0 Å². The molecule has 2 heterocycles. The first-order valence-corrected chi connectivity index (χ1v) is 17.3. The zero-order valence-electron chi connectivity index (χ0n) is 23.0. The van der Waals surface area contributed by atoms with Gasteiger partial charge in [-0.1, -0.05) is 24.3 Å². The summed E-state index contributed by atoms with van der Waals surface area (Å²) in [7, 11) is -6.98. The number of H-pyrrole nitrogens is 2. The minimum absolute atomic E-state index is 0.328. The van der Waals surface area contributed by atoms with Crippen molar-refractivity contribution in [2.24, 2.45) is 0 Å². The maximum absolute atomic E-state index is 14.7. The Bertz CT molecular complexity index is 1700. The third-order valence-corrected chi connectivity index (χ3v) is 8.44. The van der Waals surface area contributed by atoms with Crippen LogP contribution in [0.25, 0.3) is 0 Å². The molecule has 4 aromatic rings. The van der Waals surface area contributed by atoms with Crippen LogP contribution in [-0.4, -0.2) is 55.6 Å². The van der Waals surface area contributed by atoms with Crippen LogP contribution in [0.4, 0.5) is 23.0 Å². The van der Waals surface area contributed by atoms with Gasteiger partial charge in [-0.25, -0.2) is 21.7 Å². The van der Waals surface area contributed by atoms with Crippen molar-refractivity contribution in [1.82, 2.24) is 20.4 Å². The maximum atomic E-state index is 14.7. The van der Waals surface area contributed by atoms with E-state index in [2.05, 4.69) is 29.8 Å². The summed E-state index contributed by atoms with van der Waals surface area (Å²) in [5.41, 5.74) is 3.85. The van der Waals surface area contributed by atoms with Gasteiger partial charge in [-0.05, 0) is 61.1 Å². The van der Waals surface area contributed by atoms with Gasteiger partial charge in [0.1, 0.15) is 0 Å². The topological polar surface area (TPSA) is 170 Å². The fourth-order valence-electron chi connectivity index (χ4n) is 4.95. The molecule has 1 amide bonds. The lowest BCUT2D eigenvalue weighted by Crippen LogP contribution is -2.32. The Morgan fingerprint density at radius 3 is 1.45 bits per heavy atom. The number of aromatic amines is 2. The third kappa shape index (κ3) is 6.49. The summed E-state index contributed by atoms with van der Waals surface area (Å²) in [6, 6.07) is 16.9. The number of amides is 1. The number of hydrogen-bond acceptors (Lipinski definition) is 7. The van der Waals surface area contributed by atoms with Gasteiger partial charge in [0.15, 0.2) is 11.6 Å². The molecule has 2 aromatic heterocycles. The van der Waals surface area contributed by atoms with Crippen LogP contribution < -0.4 is 14.3 Å². The Morgan fingerprint density at radius 2 is 1.12 bits per heavy atom. The number of carbonyl (C=O) groups is 1. The molecule has 0 atom stereocenters. The van der Waals surface area contributed by atoms with Gasteiger partial charge in [-0.15, -0.1) is 0 Å². The summed E-state index contributed by atoms with van der Waals surface area (Å²) >= 11 is 0. The molecule has 2 aromatic carbocycles. The van der Waals surface area contributed by atoms with Crippen molar-refractivity contribution in [2.45, 2.75) is 43.4 Å². The summed E-state index contributed by atoms with van der Waals surface area (Å²) in [5, 5.41) is 15.2. The zero-order valence-corrected chi connectivity index (χ0v) is 24.7. The molecule has 42 heavy (non-hydrogen) atoms. The predicted octanol–water partition coefficient (Wildman–Crippen LogP) is 4.13. The molecule has 220 valence electrons. The molecule has 0 radical (unpaired) electrons. The highest BCUT2D eigenvalue weighted by Crippen LogP contribution is 2.43. The second-order valence-corrected chi connectivity index (χ2v) is 14.5. The minimum atomic E-state index is -3.49. The predicted molar refractivity (Wildman–Crippen MR) is 160 cm³/mol. The number of aromatic nitrogens is 4. The first-order chi connectivity index (χ1) is 19.9. The quantitative estimate of drug-likeness (QED) is 0.198. The molecule has 0 spiro atoms. The van der Waals surface area contributed by atoms with Crippen molar-refractivity contribution in [3.05, 3.63) is 83.2 Å². The molecule has 12 nitrogen and oxygen atoms in total. The van der Waals surface area contributed by atoms with Gasteiger partial charge in [0.05, 0.1) is 18.4 Å². The van der Waals surface area contributed by atoms with E-state index in [-0.39, 0.29) is 5.91 Å². The standard InChI is InChI=1S/C28H31N7O5S2/c1-41(37,38)33-21-11-7-19(8-12-21)27(20-9-13-22(14-10-20)34-42(2,39)40)28(36)35(25-15-23(29-31-25)17-3-4-17)26-16-24(30-32-26)18-5-6-18/h7-18,27,33-34H,3-6H2,1-2H3,(H,29,31)(H,30,32). The highest BCUT2D eigenvalue weighted by Gasteiger charge is 2.35. The first kappa shape index (κ1) is 28.0. The average Bonchev–Trinajstić information content (AvgIpc) is 3.85. The summed E-state index contributed by atoms with van der Waals surface area (Å²) in [6.45, 7) is 0. The van der Waals surface area contributed by atoms with E-state index in [1.807, 2.05) is 12.1 Å². The highest BCUT2D eigenvalue weighted by atomic mass is 32.2. The molecule has 0 saturated heterocycles. The minimum Gasteiger partial charge on any atom is -0.284 e. The normalized spacial score (nSPS) is 15.5. The molecule has 2 fully saturated rings. The van der Waals surface area contributed by atoms with E-state index in [1.165, 1.54) is 4.90 Å². The van der Waals surface area contributed by atoms with Gasteiger partial charge in [0, 0.05) is 46.7 Å². The van der Waals surface area contributed by atoms with Crippen LogP contribution in [0.1, 0.15) is 66.0 Å². The summed E-state index contributed by atoms with van der Waals surface area (Å²) in [4.78, 5) is 16.2. The lowest BCUT2D eigenvalue weighted by molar-refractivity contribution is -0.118. The van der Waals surface area contributed by atoms with Crippen molar-refractivity contribution < 1.29 is 21.6 Å². The summed E-state index contributed by atoms with van der Waals surface area (Å²) in [6.07, 6.45) is 6.39. The largest absolute Gasteiger partial charge is 0.284 e. The van der Waals surface area contributed by atoms with Crippen LogP contribution in [-0.2, 0) is 24.8 Å². The van der Waals surface area contributed by atoms with Crippen molar-refractivity contribution >= 4 is 49.0 Å². The smallest absolute Gasteiger partial charge is 0.246 e. The number of carbonyl (C=O) groups excluding carboxylic acids is 1. The van der Waals surface area contributed by atoms with Crippen LogP contribution in [0.5, 0.6) is 0 Å². The fourth-order valence-corrected chi connectivity index (χ4v) is 6.08. The van der Waals surface area contributed by atoms with E-state index in [9.17, 15) is 21.6 Å². The van der Waals surface area contributed by atoms with Gasteiger partial charge in [0.2, 0.25) is 26.0 Å². The molecular formula is C28H31N7O5S2. The van der Waals surface area contributed by atoms with E-state index in [1.54, 1.807) is 48.5 Å². The van der Waals surface area contributed by atoms with Crippen molar-refractivity contribution in [1.29, 1.82) is 0 Å². The number of rotatable bonds is 11. The number of sulfonamides is 2. The molecular weight excluding hydrogens is 578 g/mol. The molecule has 0 unspecified atom stereocenters. The number of nitrogens with one attached hydrogen (secondary N) is 4. The molecule has 4 N–H and O–H groups in total. The van der Waals surface area contributed by atoms with Gasteiger partial charge in [-0.2, -0.15) is 10.2 Å². The molecule has 2 aliphatic rings. The van der Waals surface area contributed by atoms with E-state index in [4.69, 9.17) is 0 Å². The van der Waals surface area contributed by atoms with Gasteiger partial charge in [-0.3, -0.25) is 24.4 Å². The van der Waals surface area contributed by atoms with Crippen LogP contribution in [0, 0.1) is 0 Å². The highest BCUT2D eigenvalue weighted by molar-refractivity contribution is 7.92. The number of nitrogens with zero attached hydrogens (tertiary/aromatic N) is 3. The van der Waals surface area contributed by atoms with E-state index in [0.717, 1.165) is 49.6 Å². The van der Waals surface area contributed by atoms with Gasteiger partial charge >= 0.3 is 0 Å². The lowest BCUT2D eigenvalue weighted by Gasteiger charge is -2.25. The van der Waals surface area contributed by atoms with E-state index >= 15 is 0 Å². The fraction of sp³-hybridized carbons (Fsp3) is 0.321. The van der Waals surface area contributed by atoms with Crippen LogP contribution in [0.2, 0.25) is 0 Å². The SMILES string of the molecule is CS(=O)(=O)Nc1ccc(C(C(=O)N(c2cc(C3CC3)[nH]n2)c2cc(C3CC3)[nH]n2)c2ccc(NS(C)(=O)=O)cc2)cc1. The number of anilines is 4. The molecule has 2 aliphatic carbocycles. The van der Waals surface area contributed by atoms with E-state index in [0.29, 0.717) is 46.0 Å². The van der Waals surface area contributed by atoms with Crippen LogP contribution in [0.15, 0.2) is 60.7 Å². The molecule has 14 heteroatoms. The Labute approximate surface area is 244 Å². The Hall–Kier alpha value is -4.17. The second kappa shape index (κ2) is 10.6. The monoisotopic (exact) mass is 609 g/mol. The molecule has 0 aliphatic heterocycles.